The summed E-state index contributed by atoms with van der Waals surface area (Å²) < 4.78 is 12.6. The van der Waals surface area contributed by atoms with Crippen LogP contribution in [0.25, 0.3) is 0 Å². The van der Waals surface area contributed by atoms with E-state index in [4.69, 9.17) is 11.6 Å². The highest BCUT2D eigenvalue weighted by Crippen LogP contribution is 2.37. The van der Waals surface area contributed by atoms with Gasteiger partial charge in [-0.25, -0.2) is 4.39 Å². The zero-order valence-corrected chi connectivity index (χ0v) is 8.30. The Labute approximate surface area is 86.9 Å². The number of alkyl halides is 1. The smallest absolute Gasteiger partial charge is 0.158 e. The molecule has 1 aromatic rings. The molecule has 0 amide bonds. The molecule has 1 saturated carbocycles. The van der Waals surface area contributed by atoms with Gasteiger partial charge >= 0.3 is 0 Å². The molecule has 0 aliphatic heterocycles. The average molecular weight is 213 g/mol. The maximum atomic E-state index is 12.6. The van der Waals surface area contributed by atoms with Gasteiger partial charge in [-0.15, -0.1) is 11.6 Å². The third kappa shape index (κ3) is 1.95. The van der Waals surface area contributed by atoms with Gasteiger partial charge in [-0.3, -0.25) is 4.79 Å². The van der Waals surface area contributed by atoms with Crippen LogP contribution in [0.1, 0.15) is 23.8 Å². The Bertz CT molecular complexity index is 343. The lowest BCUT2D eigenvalue weighted by molar-refractivity contribution is -0.120. The molecule has 1 fully saturated rings. The number of hydrogen-bond acceptors (Lipinski definition) is 1. The van der Waals surface area contributed by atoms with E-state index in [-0.39, 0.29) is 17.5 Å². The second-order valence-electron chi connectivity index (χ2n) is 3.59. The number of ketones is 1. The second kappa shape index (κ2) is 3.70. The average Bonchev–Trinajstić information content (AvgIpc) is 3.00. The molecule has 0 bridgehead atoms. The molecule has 1 aromatic carbocycles. The first-order valence-corrected chi connectivity index (χ1v) is 5.05. The highest BCUT2D eigenvalue weighted by Gasteiger charge is 2.34. The van der Waals surface area contributed by atoms with Crippen molar-refractivity contribution in [3.8, 4) is 0 Å². The van der Waals surface area contributed by atoms with Gasteiger partial charge in [0, 0.05) is 5.92 Å². The summed E-state index contributed by atoms with van der Waals surface area (Å²) in [6.07, 6.45) is 1.90. The van der Waals surface area contributed by atoms with Crippen LogP contribution in [0.5, 0.6) is 0 Å². The summed E-state index contributed by atoms with van der Waals surface area (Å²) >= 11 is 5.97. The van der Waals surface area contributed by atoms with Crippen molar-refractivity contribution in [1.82, 2.24) is 0 Å². The van der Waals surface area contributed by atoms with Gasteiger partial charge in [0.15, 0.2) is 5.78 Å². The minimum atomic E-state index is -0.608. The molecule has 0 heterocycles. The molecule has 3 heteroatoms. The number of carbonyl (C=O) groups is 1. The lowest BCUT2D eigenvalue weighted by Crippen LogP contribution is -2.08. The standard InChI is InChI=1S/C11H10ClFO/c12-10(11(14)8-1-2-8)7-3-5-9(13)6-4-7/h3-6,8,10H,1-2H2. The van der Waals surface area contributed by atoms with Gasteiger partial charge in [-0.2, -0.15) is 0 Å². The summed E-state index contributed by atoms with van der Waals surface area (Å²) in [6.45, 7) is 0. The fraction of sp³-hybridized carbons (Fsp3) is 0.364. The topological polar surface area (TPSA) is 17.1 Å². The van der Waals surface area contributed by atoms with Gasteiger partial charge in [0.2, 0.25) is 0 Å². The number of rotatable bonds is 3. The van der Waals surface area contributed by atoms with Crippen molar-refractivity contribution in [1.29, 1.82) is 0 Å². The molecule has 74 valence electrons. The first-order valence-electron chi connectivity index (χ1n) is 4.62. The van der Waals surface area contributed by atoms with E-state index in [2.05, 4.69) is 0 Å². The van der Waals surface area contributed by atoms with Crippen LogP contribution in [0.15, 0.2) is 24.3 Å². The predicted octanol–water partition coefficient (Wildman–Crippen LogP) is 3.08. The molecule has 1 aliphatic carbocycles. The summed E-state index contributed by atoms with van der Waals surface area (Å²) in [5, 5.41) is -0.608. The molecule has 1 nitrogen and oxygen atoms in total. The van der Waals surface area contributed by atoms with E-state index in [9.17, 15) is 9.18 Å². The fourth-order valence-electron chi connectivity index (χ4n) is 1.37. The summed E-state index contributed by atoms with van der Waals surface area (Å²) in [5.74, 6) is -0.0997. The number of carbonyl (C=O) groups excluding carboxylic acids is 1. The van der Waals surface area contributed by atoms with Crippen LogP contribution in [0.2, 0.25) is 0 Å². The Balaban J connectivity index is 2.13. The van der Waals surface area contributed by atoms with Crippen LogP contribution >= 0.6 is 11.6 Å². The molecule has 1 unspecified atom stereocenters. The lowest BCUT2D eigenvalue weighted by Gasteiger charge is -2.07. The van der Waals surface area contributed by atoms with E-state index in [0.29, 0.717) is 5.56 Å². The Morgan fingerprint density at radius 3 is 2.43 bits per heavy atom. The highest BCUT2D eigenvalue weighted by molar-refractivity contribution is 6.31. The van der Waals surface area contributed by atoms with Crippen molar-refractivity contribution in [3.05, 3.63) is 35.6 Å². The monoisotopic (exact) mass is 212 g/mol. The number of benzene rings is 1. The second-order valence-corrected chi connectivity index (χ2v) is 4.03. The van der Waals surface area contributed by atoms with Gasteiger partial charge in [-0.05, 0) is 30.5 Å². The van der Waals surface area contributed by atoms with Crippen LogP contribution < -0.4 is 0 Å². The molecular weight excluding hydrogens is 203 g/mol. The van der Waals surface area contributed by atoms with E-state index >= 15 is 0 Å². The number of hydrogen-bond donors (Lipinski definition) is 0. The van der Waals surface area contributed by atoms with E-state index in [1.165, 1.54) is 12.1 Å². The van der Waals surface area contributed by atoms with Gasteiger partial charge in [0.1, 0.15) is 11.2 Å². The third-order valence-corrected chi connectivity index (χ3v) is 2.86. The Kier molecular flexibility index (Phi) is 2.55. The van der Waals surface area contributed by atoms with E-state index in [1.54, 1.807) is 12.1 Å². The first kappa shape index (κ1) is 9.66. The van der Waals surface area contributed by atoms with Gasteiger partial charge in [0.05, 0.1) is 0 Å². The van der Waals surface area contributed by atoms with Crippen LogP contribution in [0.4, 0.5) is 4.39 Å². The Morgan fingerprint density at radius 2 is 1.93 bits per heavy atom. The molecule has 0 aromatic heterocycles. The normalized spacial score (nSPS) is 17.9. The predicted molar refractivity (Wildman–Crippen MR) is 52.7 cm³/mol. The van der Waals surface area contributed by atoms with E-state index < -0.39 is 5.38 Å². The van der Waals surface area contributed by atoms with Crippen molar-refractivity contribution < 1.29 is 9.18 Å². The summed E-state index contributed by atoms with van der Waals surface area (Å²) in [7, 11) is 0. The van der Waals surface area contributed by atoms with Crippen LogP contribution in [-0.4, -0.2) is 5.78 Å². The molecule has 2 rings (SSSR count). The number of halogens is 2. The minimum Gasteiger partial charge on any atom is -0.297 e. The van der Waals surface area contributed by atoms with Crippen LogP contribution in [0.3, 0.4) is 0 Å². The molecule has 0 spiro atoms. The molecule has 0 saturated heterocycles. The molecule has 0 N–H and O–H groups in total. The van der Waals surface area contributed by atoms with Gasteiger partial charge in [0.25, 0.3) is 0 Å². The van der Waals surface area contributed by atoms with Crippen molar-refractivity contribution in [2.75, 3.05) is 0 Å². The summed E-state index contributed by atoms with van der Waals surface area (Å²) in [4.78, 5) is 11.6. The molecule has 0 radical (unpaired) electrons. The summed E-state index contributed by atoms with van der Waals surface area (Å²) in [6, 6.07) is 5.77. The van der Waals surface area contributed by atoms with Crippen LogP contribution in [0, 0.1) is 11.7 Å². The van der Waals surface area contributed by atoms with Crippen LogP contribution in [-0.2, 0) is 4.79 Å². The van der Waals surface area contributed by atoms with Crippen molar-refractivity contribution in [2.24, 2.45) is 5.92 Å². The Morgan fingerprint density at radius 1 is 1.36 bits per heavy atom. The molecule has 14 heavy (non-hydrogen) atoms. The summed E-state index contributed by atoms with van der Waals surface area (Å²) in [5.41, 5.74) is 0.685. The van der Waals surface area contributed by atoms with Gasteiger partial charge < -0.3 is 0 Å². The third-order valence-electron chi connectivity index (χ3n) is 2.39. The molecular formula is C11H10ClFO. The minimum absolute atomic E-state index is 0.0678. The largest absolute Gasteiger partial charge is 0.297 e. The quantitative estimate of drug-likeness (QED) is 0.704. The maximum absolute atomic E-state index is 12.6. The van der Waals surface area contributed by atoms with E-state index in [0.717, 1.165) is 12.8 Å². The first-order chi connectivity index (χ1) is 6.68. The molecule has 1 aliphatic rings. The lowest BCUT2D eigenvalue weighted by atomic mass is 10.1. The molecule has 1 atom stereocenters. The van der Waals surface area contributed by atoms with Crippen molar-refractivity contribution >= 4 is 17.4 Å². The van der Waals surface area contributed by atoms with Crippen molar-refractivity contribution in [2.45, 2.75) is 18.2 Å². The zero-order chi connectivity index (χ0) is 10.1. The maximum Gasteiger partial charge on any atom is 0.158 e. The number of Topliss-reactive ketones (excluding diaryl/α,β-unsaturated/α-hetero) is 1. The van der Waals surface area contributed by atoms with Crippen molar-refractivity contribution in [3.63, 3.8) is 0 Å². The fourth-order valence-corrected chi connectivity index (χ4v) is 1.69. The Hall–Kier alpha value is -0.890. The van der Waals surface area contributed by atoms with Gasteiger partial charge in [-0.1, -0.05) is 12.1 Å². The SMILES string of the molecule is O=C(C1CC1)C(Cl)c1ccc(F)cc1. The van der Waals surface area contributed by atoms with E-state index in [1.807, 2.05) is 0 Å². The zero-order valence-electron chi connectivity index (χ0n) is 7.54. The highest BCUT2D eigenvalue weighted by atomic mass is 35.5.